The molecular formula is C70H47N. The summed E-state index contributed by atoms with van der Waals surface area (Å²) in [6, 6.07) is 101. The molecule has 1 unspecified atom stereocenters. The predicted molar refractivity (Wildman–Crippen MR) is 292 cm³/mol. The van der Waals surface area contributed by atoms with Crippen molar-refractivity contribution >= 4 is 17.1 Å². The molecule has 0 aliphatic heterocycles. The summed E-state index contributed by atoms with van der Waals surface area (Å²) in [6.07, 6.45) is 0. The van der Waals surface area contributed by atoms with Gasteiger partial charge in [0.1, 0.15) is 0 Å². The molecule has 0 saturated heterocycles. The van der Waals surface area contributed by atoms with Gasteiger partial charge in [0.2, 0.25) is 0 Å². The highest BCUT2D eigenvalue weighted by molar-refractivity contribution is 5.97. The topological polar surface area (TPSA) is 3.24 Å². The third-order valence-electron chi connectivity index (χ3n) is 16.8. The van der Waals surface area contributed by atoms with Gasteiger partial charge in [0, 0.05) is 22.5 Å². The van der Waals surface area contributed by atoms with Crippen LogP contribution >= 0.6 is 0 Å². The Morgan fingerprint density at radius 3 is 0.930 bits per heavy atom. The van der Waals surface area contributed by atoms with Crippen molar-refractivity contribution in [2.45, 2.75) is 23.2 Å². The SMILES string of the molecule is CC1(c2ccccc2)c2ccccc2-c2ccc(N(c3ccc4c(c3)C(c3ccccc3)(c3ccccc3)c3ccccc3-4)c3ccc4c(c3)C3(c5ccccc5-c5ccccc53)c3ccccc3-4)cc21. The van der Waals surface area contributed by atoms with Gasteiger partial charge in [0.25, 0.3) is 0 Å². The van der Waals surface area contributed by atoms with E-state index in [0.29, 0.717) is 0 Å². The fourth-order valence-electron chi connectivity index (χ4n) is 13.9. The Labute approximate surface area is 415 Å². The predicted octanol–water partition coefficient (Wildman–Crippen LogP) is 17.2. The van der Waals surface area contributed by atoms with Gasteiger partial charge in [-0.2, -0.15) is 0 Å². The molecule has 0 saturated carbocycles. The summed E-state index contributed by atoms with van der Waals surface area (Å²) in [4.78, 5) is 2.56. The zero-order chi connectivity index (χ0) is 46.9. The highest BCUT2D eigenvalue weighted by atomic mass is 15.1. The Kier molecular flexibility index (Phi) is 8.40. The summed E-state index contributed by atoms with van der Waals surface area (Å²) in [7, 11) is 0. The first-order valence-electron chi connectivity index (χ1n) is 25.0. The average molecular weight is 902 g/mol. The number of hydrogen-bond acceptors (Lipinski definition) is 1. The summed E-state index contributed by atoms with van der Waals surface area (Å²) < 4.78 is 0. The molecule has 0 bridgehead atoms. The summed E-state index contributed by atoms with van der Waals surface area (Å²) in [5.41, 5.74) is 26.7. The highest BCUT2D eigenvalue weighted by Crippen LogP contribution is 2.64. The van der Waals surface area contributed by atoms with Crippen LogP contribution in [0.2, 0.25) is 0 Å². The minimum Gasteiger partial charge on any atom is -0.310 e. The number of rotatable bonds is 6. The normalized spacial score (nSPS) is 16.2. The van der Waals surface area contributed by atoms with Crippen molar-refractivity contribution in [1.82, 2.24) is 0 Å². The van der Waals surface area contributed by atoms with Crippen molar-refractivity contribution in [3.8, 4) is 44.5 Å². The second-order valence-electron chi connectivity index (χ2n) is 20.0. The molecular weight excluding hydrogens is 855 g/mol. The van der Waals surface area contributed by atoms with Crippen LogP contribution in [-0.4, -0.2) is 0 Å². The lowest BCUT2D eigenvalue weighted by Gasteiger charge is -2.35. The molecule has 0 heterocycles. The van der Waals surface area contributed by atoms with Crippen molar-refractivity contribution in [2.24, 2.45) is 0 Å². The molecule has 0 fully saturated rings. The van der Waals surface area contributed by atoms with Crippen molar-refractivity contribution in [3.63, 3.8) is 0 Å². The molecule has 0 N–H and O–H groups in total. The molecule has 11 aromatic carbocycles. The number of anilines is 3. The molecule has 0 aromatic heterocycles. The molecule has 4 aliphatic rings. The van der Waals surface area contributed by atoms with Crippen LogP contribution in [0.3, 0.4) is 0 Å². The molecule has 332 valence electrons. The molecule has 4 aliphatic carbocycles. The van der Waals surface area contributed by atoms with Crippen LogP contribution in [0.15, 0.2) is 267 Å². The fourth-order valence-corrected chi connectivity index (χ4v) is 13.9. The third-order valence-corrected chi connectivity index (χ3v) is 16.8. The number of benzene rings is 11. The van der Waals surface area contributed by atoms with Crippen LogP contribution in [0.25, 0.3) is 44.5 Å². The lowest BCUT2D eigenvalue weighted by Crippen LogP contribution is -2.28. The summed E-state index contributed by atoms with van der Waals surface area (Å²) in [5.74, 6) is 0. The Hall–Kier alpha value is -8.78. The van der Waals surface area contributed by atoms with Crippen LogP contribution in [0.4, 0.5) is 17.1 Å². The van der Waals surface area contributed by atoms with Crippen molar-refractivity contribution in [2.75, 3.05) is 4.90 Å². The molecule has 71 heavy (non-hydrogen) atoms. The molecule has 1 atom stereocenters. The van der Waals surface area contributed by atoms with Gasteiger partial charge in [-0.15, -0.1) is 0 Å². The number of nitrogens with zero attached hydrogens (tertiary/aromatic N) is 1. The van der Waals surface area contributed by atoms with E-state index in [1.807, 2.05) is 0 Å². The maximum atomic E-state index is 2.56. The maximum Gasteiger partial charge on any atom is 0.0726 e. The Bertz CT molecular complexity index is 3750. The Morgan fingerprint density at radius 2 is 0.507 bits per heavy atom. The van der Waals surface area contributed by atoms with Crippen molar-refractivity contribution in [1.29, 1.82) is 0 Å². The maximum absolute atomic E-state index is 2.56. The van der Waals surface area contributed by atoms with Gasteiger partial charge < -0.3 is 4.90 Å². The van der Waals surface area contributed by atoms with Gasteiger partial charge in [0.15, 0.2) is 0 Å². The first-order valence-corrected chi connectivity index (χ1v) is 25.0. The van der Waals surface area contributed by atoms with Crippen LogP contribution in [0, 0.1) is 0 Å². The monoisotopic (exact) mass is 901 g/mol. The van der Waals surface area contributed by atoms with E-state index < -0.39 is 10.8 Å². The summed E-state index contributed by atoms with van der Waals surface area (Å²) in [5, 5.41) is 0. The smallest absolute Gasteiger partial charge is 0.0726 e. The van der Waals surface area contributed by atoms with Crippen molar-refractivity contribution < 1.29 is 0 Å². The molecule has 1 heteroatoms. The average Bonchev–Trinajstić information content (AvgIpc) is 4.11. The number of hydrogen-bond donors (Lipinski definition) is 0. The molecule has 0 radical (unpaired) electrons. The minimum atomic E-state index is -0.553. The van der Waals surface area contributed by atoms with E-state index in [9.17, 15) is 0 Å². The first kappa shape index (κ1) is 40.1. The zero-order valence-electron chi connectivity index (χ0n) is 39.4. The fraction of sp³-hybridized carbons (Fsp3) is 0.0571. The standard InChI is InChI=1S/C70H47N/c1-68(46-21-5-2-6-22-46)60-32-16-11-27-52(60)57-40-37-49(43-65(57)68)71(50-38-41-58-55-30-12-17-33-61(55)69(66(58)44-50,47-23-7-3-8-24-47)48-25-9-4-10-26-48)51-39-42-59-56-31-15-20-36-64(56)70(67(59)45-51)62-34-18-13-28-53(62)54-29-14-19-35-63(54)70/h2-45H,1H3. The van der Waals surface area contributed by atoms with Crippen LogP contribution < -0.4 is 4.90 Å². The van der Waals surface area contributed by atoms with Gasteiger partial charge >= 0.3 is 0 Å². The van der Waals surface area contributed by atoms with Gasteiger partial charge in [0.05, 0.1) is 10.8 Å². The van der Waals surface area contributed by atoms with E-state index in [1.165, 1.54) is 106 Å². The highest BCUT2D eigenvalue weighted by Gasteiger charge is 2.52. The third kappa shape index (κ3) is 5.20. The lowest BCUT2D eigenvalue weighted by atomic mass is 9.67. The van der Waals surface area contributed by atoms with Gasteiger partial charge in [-0.1, -0.05) is 231 Å². The number of fused-ring (bicyclic) bond motifs is 16. The zero-order valence-corrected chi connectivity index (χ0v) is 39.4. The summed E-state index contributed by atoms with van der Waals surface area (Å²) >= 11 is 0. The van der Waals surface area contributed by atoms with Crippen LogP contribution in [0.1, 0.15) is 68.1 Å². The molecule has 15 rings (SSSR count). The molecule has 1 nitrogen and oxygen atoms in total. The molecule has 11 aromatic rings. The van der Waals surface area contributed by atoms with Crippen LogP contribution in [-0.2, 0) is 16.2 Å². The quantitative estimate of drug-likeness (QED) is 0.161. The second-order valence-corrected chi connectivity index (χ2v) is 20.0. The summed E-state index contributed by atoms with van der Waals surface area (Å²) in [6.45, 7) is 2.42. The van der Waals surface area contributed by atoms with Gasteiger partial charge in [-0.25, -0.2) is 0 Å². The van der Waals surface area contributed by atoms with Crippen molar-refractivity contribution in [3.05, 3.63) is 328 Å². The van der Waals surface area contributed by atoms with Crippen LogP contribution in [0.5, 0.6) is 0 Å². The van der Waals surface area contributed by atoms with E-state index in [2.05, 4.69) is 279 Å². The van der Waals surface area contributed by atoms with E-state index in [0.717, 1.165) is 17.1 Å². The lowest BCUT2D eigenvalue weighted by molar-refractivity contribution is 0.714. The first-order chi connectivity index (χ1) is 35.1. The van der Waals surface area contributed by atoms with E-state index >= 15 is 0 Å². The van der Waals surface area contributed by atoms with Gasteiger partial charge in [-0.3, -0.25) is 0 Å². The van der Waals surface area contributed by atoms with E-state index in [-0.39, 0.29) is 5.41 Å². The van der Waals surface area contributed by atoms with Gasteiger partial charge in [-0.05, 0) is 149 Å². The van der Waals surface area contributed by atoms with E-state index in [1.54, 1.807) is 0 Å². The second kappa shape index (κ2) is 14.9. The Morgan fingerprint density at radius 1 is 0.225 bits per heavy atom. The molecule has 0 amide bonds. The Balaban J connectivity index is 1.02. The molecule has 1 spiro atoms. The minimum absolute atomic E-state index is 0.370. The van der Waals surface area contributed by atoms with E-state index in [4.69, 9.17) is 0 Å². The largest absolute Gasteiger partial charge is 0.310 e.